The van der Waals surface area contributed by atoms with Gasteiger partial charge in [0.15, 0.2) is 11.4 Å². The van der Waals surface area contributed by atoms with Crippen LogP contribution in [-0.2, 0) is 10.4 Å². The van der Waals surface area contributed by atoms with E-state index in [2.05, 4.69) is 5.32 Å². The first kappa shape index (κ1) is 13.5. The fourth-order valence-electron chi connectivity index (χ4n) is 2.59. The van der Waals surface area contributed by atoms with Gasteiger partial charge in [0.05, 0.1) is 6.42 Å². The van der Waals surface area contributed by atoms with E-state index in [9.17, 15) is 14.7 Å². The second-order valence-electron chi connectivity index (χ2n) is 5.33. The third-order valence-electron chi connectivity index (χ3n) is 3.76. The molecule has 1 aliphatic rings. The summed E-state index contributed by atoms with van der Waals surface area (Å²) in [5.41, 5.74) is 0.648. The van der Waals surface area contributed by atoms with Crippen LogP contribution in [0, 0.1) is 6.92 Å². The minimum Gasteiger partial charge on any atom is -0.375 e. The van der Waals surface area contributed by atoms with Crippen LogP contribution in [-0.4, -0.2) is 16.8 Å². The van der Waals surface area contributed by atoms with E-state index in [0.29, 0.717) is 16.8 Å². The van der Waals surface area contributed by atoms with Crippen molar-refractivity contribution >= 4 is 17.4 Å². The van der Waals surface area contributed by atoms with Crippen molar-refractivity contribution in [1.29, 1.82) is 0 Å². The van der Waals surface area contributed by atoms with Crippen molar-refractivity contribution in [2.45, 2.75) is 18.9 Å². The van der Waals surface area contributed by atoms with Crippen LogP contribution in [0.1, 0.15) is 27.9 Å². The summed E-state index contributed by atoms with van der Waals surface area (Å²) in [6, 6.07) is 14.0. The van der Waals surface area contributed by atoms with E-state index in [4.69, 9.17) is 0 Å². The van der Waals surface area contributed by atoms with E-state index in [1.54, 1.807) is 36.4 Å². The van der Waals surface area contributed by atoms with Crippen molar-refractivity contribution in [3.8, 4) is 0 Å². The first-order chi connectivity index (χ1) is 10.0. The predicted octanol–water partition coefficient (Wildman–Crippen LogP) is 2.41. The van der Waals surface area contributed by atoms with Crippen LogP contribution in [0.15, 0.2) is 48.5 Å². The highest BCUT2D eigenvalue weighted by Gasteiger charge is 2.46. The number of nitrogens with one attached hydrogen (secondary N) is 1. The Bertz CT molecular complexity index is 724. The van der Waals surface area contributed by atoms with Gasteiger partial charge in [0.1, 0.15) is 0 Å². The molecule has 0 fully saturated rings. The largest absolute Gasteiger partial charge is 0.375 e. The molecule has 4 nitrogen and oxygen atoms in total. The average Bonchev–Trinajstić information content (AvgIpc) is 2.72. The molecule has 0 saturated heterocycles. The number of carbonyl (C=O) groups is 2. The Morgan fingerprint density at radius 1 is 1.19 bits per heavy atom. The lowest BCUT2D eigenvalue weighted by Gasteiger charge is -2.20. The van der Waals surface area contributed by atoms with Gasteiger partial charge in [-0.25, -0.2) is 0 Å². The van der Waals surface area contributed by atoms with E-state index < -0.39 is 11.5 Å². The molecule has 0 spiro atoms. The molecule has 2 aromatic carbocycles. The molecule has 0 unspecified atom stereocenters. The normalized spacial score (nSPS) is 20.0. The molecule has 1 atom stereocenters. The minimum atomic E-state index is -1.80. The number of aliphatic hydroxyl groups is 1. The number of hydrogen-bond donors (Lipinski definition) is 2. The molecule has 0 aliphatic carbocycles. The van der Waals surface area contributed by atoms with Gasteiger partial charge in [0, 0.05) is 16.8 Å². The number of rotatable bonds is 3. The number of Topliss-reactive ketones (excluding diaryl/α,β-unsaturated/α-hetero) is 1. The molecule has 106 valence electrons. The first-order valence-corrected chi connectivity index (χ1v) is 6.74. The number of aryl methyl sites for hydroxylation is 1. The molecule has 2 N–H and O–H groups in total. The SMILES string of the molecule is Cc1ccc2c(c1)[C@](O)(CC(=O)c1ccccc1)C(=O)N2. The van der Waals surface area contributed by atoms with Gasteiger partial charge in [-0.3, -0.25) is 9.59 Å². The Balaban J connectivity index is 1.97. The van der Waals surface area contributed by atoms with Crippen LogP contribution in [0.25, 0.3) is 0 Å². The molecule has 1 aliphatic heterocycles. The molecule has 0 bridgehead atoms. The number of anilines is 1. The zero-order valence-corrected chi connectivity index (χ0v) is 11.6. The van der Waals surface area contributed by atoms with E-state index in [-0.39, 0.29) is 12.2 Å². The van der Waals surface area contributed by atoms with Crippen LogP contribution in [0.3, 0.4) is 0 Å². The Morgan fingerprint density at radius 2 is 1.90 bits per heavy atom. The van der Waals surface area contributed by atoms with Crippen molar-refractivity contribution < 1.29 is 14.7 Å². The standard InChI is InChI=1S/C17H15NO3/c1-11-7-8-14-13(9-11)17(21,16(20)18-14)10-15(19)12-5-3-2-4-6-12/h2-9,21H,10H2,1H3,(H,18,20)/t17-/m1/s1. The van der Waals surface area contributed by atoms with E-state index >= 15 is 0 Å². The van der Waals surface area contributed by atoms with Crippen LogP contribution in [0.4, 0.5) is 5.69 Å². The van der Waals surface area contributed by atoms with Gasteiger partial charge in [-0.1, -0.05) is 48.0 Å². The molecule has 3 rings (SSSR count). The lowest BCUT2D eigenvalue weighted by molar-refractivity contribution is -0.133. The Hall–Kier alpha value is -2.46. The summed E-state index contributed by atoms with van der Waals surface area (Å²) < 4.78 is 0. The number of hydrogen-bond acceptors (Lipinski definition) is 3. The Kier molecular flexibility index (Phi) is 3.11. The predicted molar refractivity (Wildman–Crippen MR) is 79.1 cm³/mol. The molecule has 0 saturated carbocycles. The highest BCUT2D eigenvalue weighted by molar-refractivity contribution is 6.09. The van der Waals surface area contributed by atoms with Gasteiger partial charge in [-0.05, 0) is 13.0 Å². The molecule has 0 aromatic heterocycles. The summed E-state index contributed by atoms with van der Waals surface area (Å²) in [7, 11) is 0. The average molecular weight is 281 g/mol. The summed E-state index contributed by atoms with van der Waals surface area (Å²) in [5, 5.41) is 13.4. The van der Waals surface area contributed by atoms with E-state index in [1.165, 1.54) is 0 Å². The number of carbonyl (C=O) groups excluding carboxylic acids is 2. The Morgan fingerprint density at radius 3 is 2.62 bits per heavy atom. The Labute approximate surface area is 122 Å². The topological polar surface area (TPSA) is 66.4 Å². The molecule has 2 aromatic rings. The van der Waals surface area contributed by atoms with Gasteiger partial charge in [0.2, 0.25) is 0 Å². The van der Waals surface area contributed by atoms with Crippen LogP contribution in [0.5, 0.6) is 0 Å². The fourth-order valence-corrected chi connectivity index (χ4v) is 2.59. The third-order valence-corrected chi connectivity index (χ3v) is 3.76. The number of ketones is 1. The van der Waals surface area contributed by atoms with Gasteiger partial charge in [-0.15, -0.1) is 0 Å². The number of fused-ring (bicyclic) bond motifs is 1. The molecular weight excluding hydrogens is 266 g/mol. The highest BCUT2D eigenvalue weighted by Crippen LogP contribution is 2.39. The summed E-state index contributed by atoms with van der Waals surface area (Å²) in [6.07, 6.45) is -0.265. The molecule has 21 heavy (non-hydrogen) atoms. The zero-order chi connectivity index (χ0) is 15.0. The number of benzene rings is 2. The summed E-state index contributed by atoms with van der Waals surface area (Å²) in [4.78, 5) is 24.4. The smallest absolute Gasteiger partial charge is 0.261 e. The maximum Gasteiger partial charge on any atom is 0.261 e. The van der Waals surface area contributed by atoms with E-state index in [1.807, 2.05) is 19.1 Å². The molecule has 4 heteroatoms. The minimum absolute atomic E-state index is 0.261. The summed E-state index contributed by atoms with van der Waals surface area (Å²) in [6.45, 7) is 1.88. The zero-order valence-electron chi connectivity index (χ0n) is 11.6. The van der Waals surface area contributed by atoms with Gasteiger partial charge in [-0.2, -0.15) is 0 Å². The van der Waals surface area contributed by atoms with Crippen molar-refractivity contribution in [3.05, 3.63) is 65.2 Å². The monoisotopic (exact) mass is 281 g/mol. The van der Waals surface area contributed by atoms with Gasteiger partial charge < -0.3 is 10.4 Å². The third kappa shape index (κ3) is 2.23. The van der Waals surface area contributed by atoms with Crippen LogP contribution < -0.4 is 5.32 Å². The first-order valence-electron chi connectivity index (χ1n) is 6.74. The molecule has 1 amide bonds. The lowest BCUT2D eigenvalue weighted by atomic mass is 9.87. The van der Waals surface area contributed by atoms with Gasteiger partial charge in [0.25, 0.3) is 5.91 Å². The second-order valence-corrected chi connectivity index (χ2v) is 5.33. The lowest BCUT2D eigenvalue weighted by Crippen LogP contribution is -2.36. The molecule has 1 heterocycles. The van der Waals surface area contributed by atoms with Crippen LogP contribution >= 0.6 is 0 Å². The van der Waals surface area contributed by atoms with Crippen molar-refractivity contribution in [3.63, 3.8) is 0 Å². The van der Waals surface area contributed by atoms with Crippen molar-refractivity contribution in [2.75, 3.05) is 5.32 Å². The summed E-state index contributed by atoms with van der Waals surface area (Å²) >= 11 is 0. The molecule has 0 radical (unpaired) electrons. The highest BCUT2D eigenvalue weighted by atomic mass is 16.3. The maximum atomic E-state index is 12.3. The van der Waals surface area contributed by atoms with Gasteiger partial charge >= 0.3 is 0 Å². The van der Waals surface area contributed by atoms with E-state index in [0.717, 1.165) is 5.56 Å². The maximum absolute atomic E-state index is 12.3. The van der Waals surface area contributed by atoms with Crippen molar-refractivity contribution in [2.24, 2.45) is 0 Å². The van der Waals surface area contributed by atoms with Crippen LogP contribution in [0.2, 0.25) is 0 Å². The summed E-state index contributed by atoms with van der Waals surface area (Å²) in [5.74, 6) is -0.810. The second kappa shape index (κ2) is 4.82. The number of amides is 1. The van der Waals surface area contributed by atoms with Crippen molar-refractivity contribution in [1.82, 2.24) is 0 Å². The quantitative estimate of drug-likeness (QED) is 0.849. The molecular formula is C17H15NO3. The fraction of sp³-hybridized carbons (Fsp3) is 0.176.